The molecule has 0 unspecified atom stereocenters. The number of anilines is 1. The lowest BCUT2D eigenvalue weighted by molar-refractivity contribution is 0.102. The van der Waals surface area contributed by atoms with Crippen LogP contribution in [0.3, 0.4) is 0 Å². The average Bonchev–Trinajstić information content (AvgIpc) is 3.10. The van der Waals surface area contributed by atoms with Gasteiger partial charge in [-0.1, -0.05) is 0 Å². The molecule has 2 heterocycles. The van der Waals surface area contributed by atoms with Gasteiger partial charge in [-0.25, -0.2) is 14.6 Å². The maximum absolute atomic E-state index is 12.1. The minimum atomic E-state index is -0.233. The summed E-state index contributed by atoms with van der Waals surface area (Å²) in [6, 6.07) is 10.6. The van der Waals surface area contributed by atoms with Gasteiger partial charge in [0.15, 0.2) is 0 Å². The molecule has 0 aliphatic heterocycles. The normalized spacial score (nSPS) is 10.2. The van der Waals surface area contributed by atoms with Crippen LogP contribution in [0.1, 0.15) is 10.4 Å². The van der Waals surface area contributed by atoms with Crippen molar-refractivity contribution in [2.24, 2.45) is 0 Å². The lowest BCUT2D eigenvalue weighted by Crippen LogP contribution is -2.12. The van der Waals surface area contributed by atoms with E-state index in [0.29, 0.717) is 17.1 Å². The molecule has 3 aromatic rings. The first-order valence-electron chi connectivity index (χ1n) is 6.53. The smallest absolute Gasteiger partial charge is 0.257 e. The first-order valence-corrected chi connectivity index (χ1v) is 6.53. The van der Waals surface area contributed by atoms with Gasteiger partial charge in [0.05, 0.1) is 18.4 Å². The number of carbonyl (C=O) groups is 1. The zero-order valence-electron chi connectivity index (χ0n) is 11.8. The van der Waals surface area contributed by atoms with Crippen LogP contribution in [0.25, 0.3) is 5.69 Å². The quantitative estimate of drug-likeness (QED) is 0.795. The average molecular weight is 295 g/mol. The van der Waals surface area contributed by atoms with E-state index >= 15 is 0 Å². The number of ether oxygens (including phenoxy) is 1. The van der Waals surface area contributed by atoms with E-state index < -0.39 is 0 Å². The van der Waals surface area contributed by atoms with Crippen LogP contribution >= 0.6 is 0 Å². The minimum absolute atomic E-state index is 0.233. The van der Waals surface area contributed by atoms with Gasteiger partial charge in [0.1, 0.15) is 12.7 Å². The van der Waals surface area contributed by atoms with E-state index in [1.165, 1.54) is 19.6 Å². The Morgan fingerprint density at radius 1 is 1.18 bits per heavy atom. The largest absolute Gasteiger partial charge is 0.481 e. The van der Waals surface area contributed by atoms with Crippen LogP contribution in [-0.4, -0.2) is 32.8 Å². The van der Waals surface area contributed by atoms with E-state index in [-0.39, 0.29) is 5.91 Å². The molecule has 1 N–H and O–H groups in total. The van der Waals surface area contributed by atoms with Crippen molar-refractivity contribution in [3.8, 4) is 11.6 Å². The summed E-state index contributed by atoms with van der Waals surface area (Å²) in [6.45, 7) is 0. The second kappa shape index (κ2) is 6.04. The molecule has 0 spiro atoms. The zero-order chi connectivity index (χ0) is 15.4. The Kier molecular flexibility index (Phi) is 3.78. The number of benzene rings is 1. The van der Waals surface area contributed by atoms with E-state index in [1.807, 2.05) is 12.1 Å². The maximum atomic E-state index is 12.1. The molecule has 0 fully saturated rings. The molecule has 0 atom stereocenters. The molecule has 3 rings (SSSR count). The predicted octanol–water partition coefficient (Wildman–Crippen LogP) is 1.92. The van der Waals surface area contributed by atoms with Crippen molar-refractivity contribution in [1.29, 1.82) is 0 Å². The summed E-state index contributed by atoms with van der Waals surface area (Å²) in [7, 11) is 1.53. The van der Waals surface area contributed by atoms with Crippen molar-refractivity contribution in [1.82, 2.24) is 19.7 Å². The molecule has 7 nitrogen and oxygen atoms in total. The third-order valence-electron chi connectivity index (χ3n) is 3.02. The van der Waals surface area contributed by atoms with Gasteiger partial charge in [0.2, 0.25) is 5.88 Å². The third kappa shape index (κ3) is 2.93. The van der Waals surface area contributed by atoms with Gasteiger partial charge in [-0.2, -0.15) is 5.10 Å². The second-order valence-corrected chi connectivity index (χ2v) is 4.43. The minimum Gasteiger partial charge on any atom is -0.481 e. The van der Waals surface area contributed by atoms with Crippen LogP contribution in [0.4, 0.5) is 5.69 Å². The highest BCUT2D eigenvalue weighted by molar-refractivity contribution is 6.04. The molecule has 0 aliphatic rings. The number of hydrogen-bond acceptors (Lipinski definition) is 5. The summed E-state index contributed by atoms with van der Waals surface area (Å²) in [5, 5.41) is 6.84. The van der Waals surface area contributed by atoms with Crippen LogP contribution in [0.2, 0.25) is 0 Å². The van der Waals surface area contributed by atoms with Gasteiger partial charge in [0, 0.05) is 18.0 Å². The van der Waals surface area contributed by atoms with Gasteiger partial charge < -0.3 is 10.1 Å². The van der Waals surface area contributed by atoms with Gasteiger partial charge in [-0.3, -0.25) is 4.79 Å². The summed E-state index contributed by atoms with van der Waals surface area (Å²) in [5.74, 6) is 0.234. The number of nitrogens with one attached hydrogen (secondary N) is 1. The second-order valence-electron chi connectivity index (χ2n) is 4.43. The first-order chi connectivity index (χ1) is 10.8. The van der Waals surface area contributed by atoms with E-state index in [2.05, 4.69) is 20.4 Å². The SMILES string of the molecule is COc1ccc(C(=O)Nc2ccc(-n3cncn3)cc2)cn1. The van der Waals surface area contributed by atoms with Gasteiger partial charge in [-0.05, 0) is 30.3 Å². The highest BCUT2D eigenvalue weighted by atomic mass is 16.5. The molecule has 7 heteroatoms. The standard InChI is InChI=1S/C15H13N5O2/c1-22-14-7-2-11(8-17-14)15(21)19-12-3-5-13(6-4-12)20-10-16-9-18-20/h2-10H,1H3,(H,19,21). The lowest BCUT2D eigenvalue weighted by Gasteiger charge is -2.07. The summed E-state index contributed by atoms with van der Waals surface area (Å²) in [4.78, 5) is 20.0. The van der Waals surface area contributed by atoms with Crippen LogP contribution in [0.5, 0.6) is 5.88 Å². The number of nitrogens with zero attached hydrogens (tertiary/aromatic N) is 4. The van der Waals surface area contributed by atoms with Crippen molar-refractivity contribution in [2.75, 3.05) is 12.4 Å². The molecule has 0 saturated heterocycles. The molecule has 0 aliphatic carbocycles. The molecule has 2 aromatic heterocycles. The van der Waals surface area contributed by atoms with Crippen molar-refractivity contribution in [3.63, 3.8) is 0 Å². The molecule has 0 saturated carbocycles. The number of rotatable bonds is 4. The fourth-order valence-corrected chi connectivity index (χ4v) is 1.88. The Balaban J connectivity index is 1.71. The Hall–Kier alpha value is -3.22. The fraction of sp³-hybridized carbons (Fsp3) is 0.0667. The van der Waals surface area contributed by atoms with Gasteiger partial charge in [-0.15, -0.1) is 0 Å². The molecular weight excluding hydrogens is 282 g/mol. The lowest BCUT2D eigenvalue weighted by atomic mass is 10.2. The van der Waals surface area contributed by atoms with Gasteiger partial charge >= 0.3 is 0 Å². The maximum Gasteiger partial charge on any atom is 0.257 e. The Labute approximate surface area is 126 Å². The van der Waals surface area contributed by atoms with E-state index in [4.69, 9.17) is 4.74 Å². The monoisotopic (exact) mass is 295 g/mol. The molecule has 22 heavy (non-hydrogen) atoms. The number of pyridine rings is 1. The van der Waals surface area contributed by atoms with Crippen molar-refractivity contribution in [2.45, 2.75) is 0 Å². The highest BCUT2D eigenvalue weighted by Gasteiger charge is 2.07. The van der Waals surface area contributed by atoms with Crippen molar-refractivity contribution >= 4 is 11.6 Å². The Bertz CT molecular complexity index is 752. The van der Waals surface area contributed by atoms with E-state index in [1.54, 1.807) is 35.3 Å². The summed E-state index contributed by atoms with van der Waals surface area (Å²) in [6.07, 6.45) is 4.54. The molecule has 1 aromatic carbocycles. The molecular formula is C15H13N5O2. The zero-order valence-corrected chi connectivity index (χ0v) is 11.8. The van der Waals surface area contributed by atoms with Crippen molar-refractivity contribution < 1.29 is 9.53 Å². The van der Waals surface area contributed by atoms with Crippen molar-refractivity contribution in [3.05, 3.63) is 60.8 Å². The first kappa shape index (κ1) is 13.7. The van der Waals surface area contributed by atoms with Crippen LogP contribution in [0.15, 0.2) is 55.2 Å². The molecule has 0 bridgehead atoms. The number of methoxy groups -OCH3 is 1. The van der Waals surface area contributed by atoms with E-state index in [9.17, 15) is 4.79 Å². The highest BCUT2D eigenvalue weighted by Crippen LogP contribution is 2.14. The topological polar surface area (TPSA) is 81.9 Å². The number of hydrogen-bond donors (Lipinski definition) is 1. The molecule has 0 radical (unpaired) electrons. The third-order valence-corrected chi connectivity index (χ3v) is 3.02. The predicted molar refractivity (Wildman–Crippen MR) is 80.1 cm³/mol. The van der Waals surface area contributed by atoms with E-state index in [0.717, 1.165) is 5.69 Å². The summed E-state index contributed by atoms with van der Waals surface area (Å²) >= 11 is 0. The van der Waals surface area contributed by atoms with Crippen LogP contribution in [-0.2, 0) is 0 Å². The summed E-state index contributed by atoms with van der Waals surface area (Å²) in [5.41, 5.74) is 2.01. The number of amides is 1. The fourth-order valence-electron chi connectivity index (χ4n) is 1.88. The summed E-state index contributed by atoms with van der Waals surface area (Å²) < 4.78 is 6.60. The van der Waals surface area contributed by atoms with Crippen LogP contribution in [0, 0.1) is 0 Å². The molecule has 110 valence electrons. The molecule has 1 amide bonds. The van der Waals surface area contributed by atoms with Crippen LogP contribution < -0.4 is 10.1 Å². The Morgan fingerprint density at radius 3 is 2.59 bits per heavy atom. The number of aromatic nitrogens is 4. The van der Waals surface area contributed by atoms with Gasteiger partial charge in [0.25, 0.3) is 5.91 Å². The number of carbonyl (C=O) groups excluding carboxylic acids is 1. The Morgan fingerprint density at radius 2 is 2.00 bits per heavy atom.